The van der Waals surface area contributed by atoms with Crippen molar-refractivity contribution in [1.82, 2.24) is 5.32 Å². The Morgan fingerprint density at radius 3 is 2.25 bits per heavy atom. The van der Waals surface area contributed by atoms with E-state index in [1.807, 2.05) is 18.2 Å². The molecule has 1 fully saturated rings. The van der Waals surface area contributed by atoms with Gasteiger partial charge in [-0.3, -0.25) is 0 Å². The van der Waals surface area contributed by atoms with Crippen LogP contribution in [-0.4, -0.2) is 6.04 Å². The van der Waals surface area contributed by atoms with Crippen molar-refractivity contribution in [1.29, 1.82) is 0 Å². The Morgan fingerprint density at radius 2 is 1.69 bits per heavy atom. The maximum Gasteiger partial charge on any atom is 0.0465 e. The highest BCUT2D eigenvalue weighted by molar-refractivity contribution is 6.35. The van der Waals surface area contributed by atoms with Crippen LogP contribution < -0.4 is 5.32 Å². The molecular formula is C12H16Cl3N. The smallest absolute Gasteiger partial charge is 0.0465 e. The van der Waals surface area contributed by atoms with Gasteiger partial charge in [0.15, 0.2) is 0 Å². The van der Waals surface area contributed by atoms with Crippen LogP contribution in [0.15, 0.2) is 18.2 Å². The third kappa shape index (κ3) is 3.53. The second kappa shape index (κ2) is 6.70. The molecule has 90 valence electrons. The van der Waals surface area contributed by atoms with Crippen molar-refractivity contribution >= 4 is 35.6 Å². The average Bonchev–Trinajstić information content (AvgIpc) is 2.70. The Hall–Kier alpha value is 0.0500. The molecule has 1 aromatic carbocycles. The van der Waals surface area contributed by atoms with Gasteiger partial charge in [-0.15, -0.1) is 12.4 Å². The van der Waals surface area contributed by atoms with Crippen LogP contribution in [0.3, 0.4) is 0 Å². The van der Waals surface area contributed by atoms with E-state index >= 15 is 0 Å². The van der Waals surface area contributed by atoms with E-state index in [1.165, 1.54) is 25.7 Å². The van der Waals surface area contributed by atoms with Crippen molar-refractivity contribution in [3.8, 4) is 0 Å². The summed E-state index contributed by atoms with van der Waals surface area (Å²) in [5, 5.41) is 5.03. The van der Waals surface area contributed by atoms with Crippen LogP contribution in [0.5, 0.6) is 0 Å². The van der Waals surface area contributed by atoms with Gasteiger partial charge in [-0.1, -0.05) is 42.1 Å². The highest BCUT2D eigenvalue weighted by atomic mass is 35.5. The number of benzene rings is 1. The lowest BCUT2D eigenvalue weighted by Gasteiger charge is -2.13. The Balaban J connectivity index is 0.00000128. The molecule has 0 saturated heterocycles. The maximum atomic E-state index is 6.09. The first kappa shape index (κ1) is 14.1. The lowest BCUT2D eigenvalue weighted by molar-refractivity contribution is 0.524. The fourth-order valence-corrected chi connectivity index (χ4v) is 2.61. The van der Waals surface area contributed by atoms with Gasteiger partial charge in [0.2, 0.25) is 0 Å². The fraction of sp³-hybridized carbons (Fsp3) is 0.500. The molecule has 0 aromatic heterocycles. The molecule has 1 aliphatic carbocycles. The van der Waals surface area contributed by atoms with Crippen molar-refractivity contribution < 1.29 is 0 Å². The normalized spacial score (nSPS) is 16.1. The Kier molecular flexibility index (Phi) is 5.91. The molecule has 0 amide bonds. The Morgan fingerprint density at radius 1 is 1.12 bits per heavy atom. The standard InChI is InChI=1S/C12H15Cl2N.ClH/c13-11-6-3-7-12(14)10(11)8-15-9-4-1-2-5-9;/h3,6-7,9,15H,1-2,4-5,8H2;1H. The molecule has 2 rings (SSSR count). The van der Waals surface area contributed by atoms with Crippen molar-refractivity contribution in [2.24, 2.45) is 0 Å². The number of halogens is 3. The van der Waals surface area contributed by atoms with Crippen LogP contribution >= 0.6 is 35.6 Å². The van der Waals surface area contributed by atoms with E-state index in [0.717, 1.165) is 22.2 Å². The molecule has 0 aliphatic heterocycles. The van der Waals surface area contributed by atoms with Gasteiger partial charge in [0.1, 0.15) is 0 Å². The SMILES string of the molecule is Cl.Clc1cccc(Cl)c1CNC1CCCC1. The van der Waals surface area contributed by atoms with E-state index in [0.29, 0.717) is 6.04 Å². The highest BCUT2D eigenvalue weighted by Gasteiger charge is 2.15. The van der Waals surface area contributed by atoms with Gasteiger partial charge in [0.05, 0.1) is 0 Å². The molecule has 4 heteroatoms. The summed E-state index contributed by atoms with van der Waals surface area (Å²) in [5.41, 5.74) is 1.02. The van der Waals surface area contributed by atoms with Gasteiger partial charge in [-0.2, -0.15) is 0 Å². The predicted octanol–water partition coefficient (Wildman–Crippen LogP) is 4.45. The predicted molar refractivity (Wildman–Crippen MR) is 72.8 cm³/mol. The number of hydrogen-bond donors (Lipinski definition) is 1. The average molecular weight is 281 g/mol. The summed E-state index contributed by atoms with van der Waals surface area (Å²) in [5.74, 6) is 0. The summed E-state index contributed by atoms with van der Waals surface area (Å²) in [6.07, 6.45) is 5.24. The molecule has 0 spiro atoms. The monoisotopic (exact) mass is 279 g/mol. The molecule has 1 aromatic rings. The molecule has 1 N–H and O–H groups in total. The highest BCUT2D eigenvalue weighted by Crippen LogP contribution is 2.25. The molecule has 0 bridgehead atoms. The Labute approximate surface area is 113 Å². The summed E-state index contributed by atoms with van der Waals surface area (Å²) < 4.78 is 0. The number of rotatable bonds is 3. The first-order valence-electron chi connectivity index (χ1n) is 5.43. The lowest BCUT2D eigenvalue weighted by atomic mass is 10.2. The van der Waals surface area contributed by atoms with Gasteiger partial charge < -0.3 is 5.32 Å². The molecule has 1 nitrogen and oxygen atoms in total. The van der Waals surface area contributed by atoms with Gasteiger partial charge in [0, 0.05) is 28.2 Å². The van der Waals surface area contributed by atoms with Crippen molar-refractivity contribution in [3.05, 3.63) is 33.8 Å². The van der Waals surface area contributed by atoms with E-state index in [4.69, 9.17) is 23.2 Å². The van der Waals surface area contributed by atoms with Crippen molar-refractivity contribution in [2.45, 2.75) is 38.3 Å². The number of nitrogens with one attached hydrogen (secondary N) is 1. The first-order chi connectivity index (χ1) is 7.27. The zero-order valence-electron chi connectivity index (χ0n) is 9.01. The molecular weight excluding hydrogens is 264 g/mol. The molecule has 0 heterocycles. The maximum absolute atomic E-state index is 6.09. The largest absolute Gasteiger partial charge is 0.310 e. The van der Waals surface area contributed by atoms with Crippen LogP contribution in [0.25, 0.3) is 0 Å². The van der Waals surface area contributed by atoms with E-state index in [9.17, 15) is 0 Å². The van der Waals surface area contributed by atoms with Gasteiger partial charge in [0.25, 0.3) is 0 Å². The molecule has 1 saturated carbocycles. The molecule has 0 atom stereocenters. The summed E-state index contributed by atoms with van der Waals surface area (Å²) in [6.45, 7) is 0.781. The van der Waals surface area contributed by atoms with Crippen LogP contribution in [0.2, 0.25) is 10.0 Å². The Bertz CT molecular complexity index is 315. The summed E-state index contributed by atoms with van der Waals surface area (Å²) in [6, 6.07) is 6.31. The van der Waals surface area contributed by atoms with E-state index in [1.54, 1.807) is 0 Å². The van der Waals surface area contributed by atoms with Crippen molar-refractivity contribution in [2.75, 3.05) is 0 Å². The van der Waals surface area contributed by atoms with Crippen LogP contribution in [-0.2, 0) is 6.54 Å². The molecule has 1 aliphatic rings. The topological polar surface area (TPSA) is 12.0 Å². The van der Waals surface area contributed by atoms with E-state index in [2.05, 4.69) is 5.32 Å². The van der Waals surface area contributed by atoms with Crippen LogP contribution in [0.4, 0.5) is 0 Å². The van der Waals surface area contributed by atoms with Gasteiger partial charge in [-0.05, 0) is 25.0 Å². The third-order valence-corrected chi connectivity index (χ3v) is 3.69. The minimum absolute atomic E-state index is 0. The van der Waals surface area contributed by atoms with Crippen LogP contribution in [0, 0.1) is 0 Å². The number of hydrogen-bond acceptors (Lipinski definition) is 1. The molecule has 16 heavy (non-hydrogen) atoms. The zero-order valence-corrected chi connectivity index (χ0v) is 11.3. The van der Waals surface area contributed by atoms with Gasteiger partial charge in [-0.25, -0.2) is 0 Å². The third-order valence-electron chi connectivity index (χ3n) is 2.98. The molecule has 0 unspecified atom stereocenters. The summed E-state index contributed by atoms with van der Waals surface area (Å²) in [4.78, 5) is 0. The zero-order chi connectivity index (χ0) is 10.7. The first-order valence-corrected chi connectivity index (χ1v) is 6.19. The summed E-state index contributed by atoms with van der Waals surface area (Å²) in [7, 11) is 0. The van der Waals surface area contributed by atoms with Crippen molar-refractivity contribution in [3.63, 3.8) is 0 Å². The van der Waals surface area contributed by atoms with Gasteiger partial charge >= 0.3 is 0 Å². The van der Waals surface area contributed by atoms with Crippen LogP contribution in [0.1, 0.15) is 31.2 Å². The minimum Gasteiger partial charge on any atom is -0.310 e. The second-order valence-electron chi connectivity index (χ2n) is 4.06. The minimum atomic E-state index is 0. The lowest BCUT2D eigenvalue weighted by Crippen LogP contribution is -2.25. The molecule has 0 radical (unpaired) electrons. The second-order valence-corrected chi connectivity index (χ2v) is 4.88. The fourth-order valence-electron chi connectivity index (χ4n) is 2.08. The van der Waals surface area contributed by atoms with E-state index < -0.39 is 0 Å². The quantitative estimate of drug-likeness (QED) is 0.863. The van der Waals surface area contributed by atoms with E-state index in [-0.39, 0.29) is 12.4 Å². The summed E-state index contributed by atoms with van der Waals surface area (Å²) >= 11 is 12.2.